The van der Waals surface area contributed by atoms with Gasteiger partial charge in [0.25, 0.3) is 5.91 Å². The zero-order chi connectivity index (χ0) is 19.7. The molecule has 142 valence electrons. The van der Waals surface area contributed by atoms with E-state index >= 15 is 0 Å². The number of anilines is 1. The van der Waals surface area contributed by atoms with Crippen LogP contribution in [-0.2, 0) is 16.0 Å². The van der Waals surface area contributed by atoms with Crippen molar-refractivity contribution in [2.75, 3.05) is 11.9 Å². The van der Waals surface area contributed by atoms with Crippen molar-refractivity contribution in [1.29, 1.82) is 0 Å². The third-order valence-corrected chi connectivity index (χ3v) is 3.94. The molecule has 3 rings (SSSR count). The van der Waals surface area contributed by atoms with E-state index in [1.54, 1.807) is 24.3 Å². The van der Waals surface area contributed by atoms with E-state index in [2.05, 4.69) is 15.0 Å². The molecule has 1 amide bonds. The number of carbonyl (C=O) groups excluding carboxylic acids is 2. The van der Waals surface area contributed by atoms with Crippen LogP contribution in [-0.4, -0.2) is 35.2 Å². The summed E-state index contributed by atoms with van der Waals surface area (Å²) in [5.41, 5.74) is -0.0804. The summed E-state index contributed by atoms with van der Waals surface area (Å²) in [5.74, 6) is -1.39. The molecule has 0 spiro atoms. The molecule has 1 aliphatic heterocycles. The Morgan fingerprint density at radius 2 is 2.04 bits per heavy atom. The lowest BCUT2D eigenvalue weighted by molar-refractivity contribution is -0.154. The lowest BCUT2D eigenvalue weighted by Gasteiger charge is -2.32. The monoisotopic (exact) mass is 380 g/mol. The minimum absolute atomic E-state index is 0.195. The molecule has 1 aromatic carbocycles. The number of esters is 1. The van der Waals surface area contributed by atoms with Gasteiger partial charge in [-0.1, -0.05) is 18.2 Å². The highest BCUT2D eigenvalue weighted by molar-refractivity contribution is 6.02. The molecule has 0 saturated heterocycles. The van der Waals surface area contributed by atoms with Crippen molar-refractivity contribution in [2.24, 2.45) is 0 Å². The van der Waals surface area contributed by atoms with E-state index < -0.39 is 30.3 Å². The van der Waals surface area contributed by atoms with Crippen LogP contribution in [0.2, 0.25) is 0 Å². The number of hydrogen-bond donors (Lipinski definition) is 1. The Labute approximate surface area is 152 Å². The maximum absolute atomic E-state index is 12.6. The van der Waals surface area contributed by atoms with Gasteiger partial charge in [0.2, 0.25) is 5.88 Å². The number of ether oxygens (including phenoxy) is 2. The number of nitrogens with one attached hydrogen (secondary N) is 1. The Bertz CT molecular complexity index is 868. The van der Waals surface area contributed by atoms with Gasteiger partial charge in [0, 0.05) is 12.5 Å². The highest BCUT2D eigenvalue weighted by Gasteiger charge is 2.42. The molecule has 1 unspecified atom stereocenters. The fourth-order valence-corrected chi connectivity index (χ4v) is 2.62. The van der Waals surface area contributed by atoms with E-state index in [0.29, 0.717) is 11.1 Å². The first-order chi connectivity index (χ1) is 12.7. The number of alkyl halides is 3. The van der Waals surface area contributed by atoms with Gasteiger partial charge in [-0.3, -0.25) is 4.79 Å². The molecule has 0 bridgehead atoms. The predicted molar refractivity (Wildman–Crippen MR) is 88.4 cm³/mol. The van der Waals surface area contributed by atoms with E-state index in [1.165, 1.54) is 19.1 Å². The molecular weight excluding hydrogens is 365 g/mol. The van der Waals surface area contributed by atoms with Gasteiger partial charge in [0.15, 0.2) is 12.2 Å². The summed E-state index contributed by atoms with van der Waals surface area (Å²) in [6.07, 6.45) is -3.11. The molecule has 9 heteroatoms. The van der Waals surface area contributed by atoms with Gasteiger partial charge in [-0.15, -0.1) is 0 Å². The van der Waals surface area contributed by atoms with Gasteiger partial charge in [0.1, 0.15) is 0 Å². The van der Waals surface area contributed by atoms with Crippen LogP contribution in [0.4, 0.5) is 18.9 Å². The summed E-state index contributed by atoms with van der Waals surface area (Å²) in [6.45, 7) is 0.0313. The van der Waals surface area contributed by atoms with Gasteiger partial charge < -0.3 is 14.8 Å². The van der Waals surface area contributed by atoms with E-state index in [0.717, 1.165) is 6.20 Å². The summed E-state index contributed by atoms with van der Waals surface area (Å²) in [7, 11) is 0. The van der Waals surface area contributed by atoms with E-state index in [9.17, 15) is 22.8 Å². The van der Waals surface area contributed by atoms with E-state index in [-0.39, 0.29) is 18.0 Å². The zero-order valence-electron chi connectivity index (χ0n) is 14.2. The second-order valence-corrected chi connectivity index (χ2v) is 6.20. The van der Waals surface area contributed by atoms with Gasteiger partial charge >= 0.3 is 12.1 Å². The normalized spacial score (nSPS) is 19.0. The maximum atomic E-state index is 12.6. The van der Waals surface area contributed by atoms with E-state index in [1.807, 2.05) is 0 Å². The van der Waals surface area contributed by atoms with Crippen LogP contribution >= 0.6 is 0 Å². The third-order valence-electron chi connectivity index (χ3n) is 3.94. The molecule has 0 radical (unpaired) electrons. The van der Waals surface area contributed by atoms with Crippen molar-refractivity contribution in [3.63, 3.8) is 0 Å². The second kappa shape index (κ2) is 6.90. The number of nitrogens with zero attached hydrogens (tertiary/aromatic N) is 1. The molecule has 1 N–H and O–H groups in total. The van der Waals surface area contributed by atoms with Crippen LogP contribution in [0.3, 0.4) is 0 Å². The Hall–Kier alpha value is -3.10. The standard InChI is InChI=1S/C18H15F3N2O4/c1-17(8-11-4-2-3-5-13(11)15(24)27-17)16(25)23-12-6-7-14(22-9-12)26-10-18(19,20)21/h2-7,9H,8,10H2,1H3,(H,23,25). The number of rotatable bonds is 4. The Balaban J connectivity index is 1.68. The van der Waals surface area contributed by atoms with Gasteiger partial charge in [-0.05, 0) is 24.6 Å². The highest BCUT2D eigenvalue weighted by Crippen LogP contribution is 2.29. The lowest BCUT2D eigenvalue weighted by atomic mass is 9.89. The molecule has 27 heavy (non-hydrogen) atoms. The summed E-state index contributed by atoms with van der Waals surface area (Å²) >= 11 is 0. The van der Waals surface area contributed by atoms with Crippen LogP contribution in [0.25, 0.3) is 0 Å². The van der Waals surface area contributed by atoms with E-state index in [4.69, 9.17) is 4.74 Å². The summed E-state index contributed by atoms with van der Waals surface area (Å²) in [4.78, 5) is 28.4. The number of fused-ring (bicyclic) bond motifs is 1. The fraction of sp³-hybridized carbons (Fsp3) is 0.278. The second-order valence-electron chi connectivity index (χ2n) is 6.20. The number of carbonyl (C=O) groups is 2. The Morgan fingerprint density at radius 3 is 2.70 bits per heavy atom. The molecule has 1 atom stereocenters. The Morgan fingerprint density at radius 1 is 1.30 bits per heavy atom. The van der Waals surface area contributed by atoms with Crippen LogP contribution in [0.5, 0.6) is 5.88 Å². The molecule has 1 aliphatic rings. The van der Waals surface area contributed by atoms with Crippen molar-refractivity contribution in [3.05, 3.63) is 53.7 Å². The SMILES string of the molecule is CC1(C(=O)Nc2ccc(OCC(F)(F)F)nc2)Cc2ccccc2C(=O)O1. The minimum atomic E-state index is -4.47. The number of hydrogen-bond acceptors (Lipinski definition) is 5. The summed E-state index contributed by atoms with van der Waals surface area (Å²) < 4.78 is 46.2. The highest BCUT2D eigenvalue weighted by atomic mass is 19.4. The molecule has 0 saturated carbocycles. The first kappa shape index (κ1) is 18.7. The molecular formula is C18H15F3N2O4. The number of benzene rings is 1. The molecule has 6 nitrogen and oxygen atoms in total. The summed E-state index contributed by atoms with van der Waals surface area (Å²) in [6, 6.07) is 9.38. The van der Waals surface area contributed by atoms with Gasteiger partial charge in [-0.25, -0.2) is 9.78 Å². The van der Waals surface area contributed by atoms with Crippen molar-refractivity contribution >= 4 is 17.6 Å². The van der Waals surface area contributed by atoms with Crippen molar-refractivity contribution in [2.45, 2.75) is 25.1 Å². The lowest BCUT2D eigenvalue weighted by Crippen LogP contribution is -2.48. The summed E-state index contributed by atoms with van der Waals surface area (Å²) in [5, 5.41) is 2.55. The Kier molecular flexibility index (Phi) is 4.77. The predicted octanol–water partition coefficient (Wildman–Crippen LogP) is 3.13. The van der Waals surface area contributed by atoms with Gasteiger partial charge in [0.05, 0.1) is 17.4 Å². The molecule has 0 fully saturated rings. The van der Waals surface area contributed by atoms with Crippen LogP contribution in [0.1, 0.15) is 22.8 Å². The van der Waals surface area contributed by atoms with Crippen molar-refractivity contribution < 1.29 is 32.2 Å². The maximum Gasteiger partial charge on any atom is 0.422 e. The minimum Gasteiger partial charge on any atom is -0.468 e. The average Bonchev–Trinajstić information content (AvgIpc) is 2.60. The average molecular weight is 380 g/mol. The third kappa shape index (κ3) is 4.36. The molecule has 2 aromatic rings. The number of cyclic esters (lactones) is 1. The molecule has 0 aliphatic carbocycles. The van der Waals surface area contributed by atoms with Crippen LogP contribution in [0.15, 0.2) is 42.6 Å². The number of halogens is 3. The number of pyridine rings is 1. The smallest absolute Gasteiger partial charge is 0.422 e. The van der Waals surface area contributed by atoms with Crippen molar-refractivity contribution in [1.82, 2.24) is 4.98 Å². The van der Waals surface area contributed by atoms with Gasteiger partial charge in [-0.2, -0.15) is 13.2 Å². The quantitative estimate of drug-likeness (QED) is 0.825. The zero-order valence-corrected chi connectivity index (χ0v) is 14.2. The first-order valence-corrected chi connectivity index (χ1v) is 7.95. The van der Waals surface area contributed by atoms with Crippen LogP contribution in [0, 0.1) is 0 Å². The largest absolute Gasteiger partial charge is 0.468 e. The topological polar surface area (TPSA) is 77.5 Å². The first-order valence-electron chi connectivity index (χ1n) is 7.95. The molecule has 1 aromatic heterocycles. The number of aromatic nitrogens is 1. The van der Waals surface area contributed by atoms with Crippen molar-refractivity contribution in [3.8, 4) is 5.88 Å². The molecule has 2 heterocycles. The number of amides is 1. The van der Waals surface area contributed by atoms with Crippen LogP contribution < -0.4 is 10.1 Å². The fourth-order valence-electron chi connectivity index (χ4n) is 2.62.